The molecule has 0 aromatic heterocycles. The maximum Gasteiger partial charge on any atom is 0.122 e. The minimum Gasteiger partial charge on any atom is -0.493 e. The van der Waals surface area contributed by atoms with E-state index in [1.165, 1.54) is 43.6 Å². The smallest absolute Gasteiger partial charge is 0.122 e. The lowest BCUT2D eigenvalue weighted by Gasteiger charge is -2.41. The minimum absolute atomic E-state index is 0.0806. The number of ether oxygens (including phenoxy) is 1. The number of nitrogens with one attached hydrogen (secondary N) is 1. The summed E-state index contributed by atoms with van der Waals surface area (Å²) in [4.78, 5) is 2.65. The molecule has 0 unspecified atom stereocenters. The highest BCUT2D eigenvalue weighted by Gasteiger charge is 2.31. The predicted octanol–water partition coefficient (Wildman–Crippen LogP) is 3.18. The summed E-state index contributed by atoms with van der Waals surface area (Å²) in [6.07, 6.45) is 3.68. The summed E-state index contributed by atoms with van der Waals surface area (Å²) < 4.78 is 5.65. The fraction of sp³-hybridized carbons (Fsp3) is 0.684. The molecule has 2 aliphatic rings. The van der Waals surface area contributed by atoms with Crippen LogP contribution < -0.4 is 10.1 Å². The van der Waals surface area contributed by atoms with Crippen molar-refractivity contribution >= 4 is 0 Å². The lowest BCUT2D eigenvalue weighted by atomic mass is 9.88. The molecule has 0 radical (unpaired) electrons. The van der Waals surface area contributed by atoms with E-state index in [1.807, 2.05) is 0 Å². The van der Waals surface area contributed by atoms with Crippen molar-refractivity contribution in [3.8, 4) is 5.75 Å². The SMILES string of the molecule is CCN(CC1CCNCC1)C(C)(C)c1ccc2c(c1)CCO2. The number of piperidine rings is 1. The molecule has 3 rings (SSSR count). The molecule has 1 fully saturated rings. The molecule has 3 heteroatoms. The maximum absolute atomic E-state index is 5.65. The number of rotatable bonds is 5. The maximum atomic E-state index is 5.65. The van der Waals surface area contributed by atoms with Crippen molar-refractivity contribution in [1.82, 2.24) is 10.2 Å². The highest BCUT2D eigenvalue weighted by molar-refractivity contribution is 5.41. The summed E-state index contributed by atoms with van der Waals surface area (Å²) in [6.45, 7) is 12.5. The second kappa shape index (κ2) is 6.59. The molecule has 0 spiro atoms. The van der Waals surface area contributed by atoms with Crippen LogP contribution in [0.4, 0.5) is 0 Å². The van der Waals surface area contributed by atoms with Crippen molar-refractivity contribution in [1.29, 1.82) is 0 Å². The third kappa shape index (κ3) is 3.16. The van der Waals surface area contributed by atoms with E-state index in [9.17, 15) is 0 Å². The quantitative estimate of drug-likeness (QED) is 0.904. The van der Waals surface area contributed by atoms with Gasteiger partial charge in [-0.1, -0.05) is 19.1 Å². The lowest BCUT2D eigenvalue weighted by Crippen LogP contribution is -2.45. The Morgan fingerprint density at radius 2 is 2.05 bits per heavy atom. The predicted molar refractivity (Wildman–Crippen MR) is 91.5 cm³/mol. The summed E-state index contributed by atoms with van der Waals surface area (Å²) in [6, 6.07) is 6.79. The molecule has 1 saturated heterocycles. The Hall–Kier alpha value is -1.06. The third-order valence-electron chi connectivity index (χ3n) is 5.51. The number of fused-ring (bicyclic) bond motifs is 1. The Morgan fingerprint density at radius 1 is 1.27 bits per heavy atom. The largest absolute Gasteiger partial charge is 0.493 e. The minimum atomic E-state index is 0.0806. The molecule has 2 aliphatic heterocycles. The Bertz CT molecular complexity index is 506. The standard InChI is InChI=1S/C19H30N2O/c1-4-21(14-15-7-10-20-11-8-15)19(2,3)17-5-6-18-16(13-17)9-12-22-18/h5-6,13,15,20H,4,7-12,14H2,1-3H3. The number of benzene rings is 1. The van der Waals surface area contributed by atoms with Gasteiger partial charge >= 0.3 is 0 Å². The number of nitrogens with zero attached hydrogens (tertiary/aromatic N) is 1. The van der Waals surface area contributed by atoms with Crippen LogP contribution >= 0.6 is 0 Å². The lowest BCUT2D eigenvalue weighted by molar-refractivity contribution is 0.0950. The molecule has 0 amide bonds. The summed E-state index contributed by atoms with van der Waals surface area (Å²) in [5, 5.41) is 3.47. The average molecular weight is 302 g/mol. The van der Waals surface area contributed by atoms with E-state index >= 15 is 0 Å². The normalized spacial score (nSPS) is 19.3. The van der Waals surface area contributed by atoms with Crippen molar-refractivity contribution in [2.75, 3.05) is 32.8 Å². The van der Waals surface area contributed by atoms with Crippen molar-refractivity contribution in [2.24, 2.45) is 5.92 Å². The number of hydrogen-bond acceptors (Lipinski definition) is 3. The summed E-state index contributed by atoms with van der Waals surface area (Å²) in [5.74, 6) is 1.92. The zero-order valence-corrected chi connectivity index (χ0v) is 14.3. The van der Waals surface area contributed by atoms with Gasteiger partial charge in [0, 0.05) is 18.5 Å². The first-order chi connectivity index (χ1) is 10.6. The van der Waals surface area contributed by atoms with E-state index in [2.05, 4.69) is 49.2 Å². The van der Waals surface area contributed by atoms with Crippen LogP contribution in [-0.2, 0) is 12.0 Å². The van der Waals surface area contributed by atoms with Crippen LogP contribution in [0.15, 0.2) is 18.2 Å². The molecule has 122 valence electrons. The van der Waals surface area contributed by atoms with E-state index in [0.717, 1.165) is 31.2 Å². The highest BCUT2D eigenvalue weighted by Crippen LogP contribution is 2.34. The highest BCUT2D eigenvalue weighted by atomic mass is 16.5. The topological polar surface area (TPSA) is 24.5 Å². The molecule has 0 aliphatic carbocycles. The van der Waals surface area contributed by atoms with Crippen molar-refractivity contribution in [3.63, 3.8) is 0 Å². The fourth-order valence-electron chi connectivity index (χ4n) is 3.88. The van der Waals surface area contributed by atoms with Gasteiger partial charge in [0.25, 0.3) is 0 Å². The Kier molecular flexibility index (Phi) is 4.74. The van der Waals surface area contributed by atoms with Crippen LogP contribution in [0.2, 0.25) is 0 Å². The van der Waals surface area contributed by atoms with Gasteiger partial charge < -0.3 is 10.1 Å². The monoisotopic (exact) mass is 302 g/mol. The van der Waals surface area contributed by atoms with Gasteiger partial charge in [-0.3, -0.25) is 4.90 Å². The van der Waals surface area contributed by atoms with Crippen LogP contribution in [0.3, 0.4) is 0 Å². The second-order valence-corrected chi connectivity index (χ2v) is 7.21. The van der Waals surface area contributed by atoms with E-state index < -0.39 is 0 Å². The van der Waals surface area contributed by atoms with Crippen molar-refractivity contribution in [2.45, 2.75) is 45.6 Å². The van der Waals surface area contributed by atoms with Gasteiger partial charge in [0.2, 0.25) is 0 Å². The van der Waals surface area contributed by atoms with E-state index in [0.29, 0.717) is 0 Å². The van der Waals surface area contributed by atoms with E-state index in [4.69, 9.17) is 4.74 Å². The Morgan fingerprint density at radius 3 is 2.77 bits per heavy atom. The van der Waals surface area contributed by atoms with Gasteiger partial charge in [-0.15, -0.1) is 0 Å². The van der Waals surface area contributed by atoms with Gasteiger partial charge in [0.1, 0.15) is 5.75 Å². The molecule has 0 atom stereocenters. The van der Waals surface area contributed by atoms with E-state index in [-0.39, 0.29) is 5.54 Å². The van der Waals surface area contributed by atoms with Gasteiger partial charge in [-0.25, -0.2) is 0 Å². The molecule has 22 heavy (non-hydrogen) atoms. The van der Waals surface area contributed by atoms with Gasteiger partial charge in [-0.05, 0) is 69.4 Å². The Balaban J connectivity index is 1.76. The van der Waals surface area contributed by atoms with Crippen LogP contribution in [-0.4, -0.2) is 37.7 Å². The zero-order chi connectivity index (χ0) is 15.6. The van der Waals surface area contributed by atoms with Crippen LogP contribution in [0.1, 0.15) is 44.7 Å². The first-order valence-electron chi connectivity index (χ1n) is 8.83. The summed E-state index contributed by atoms with van der Waals surface area (Å²) >= 11 is 0. The Labute approximate surface area is 135 Å². The first-order valence-corrected chi connectivity index (χ1v) is 8.83. The third-order valence-corrected chi connectivity index (χ3v) is 5.51. The van der Waals surface area contributed by atoms with Gasteiger partial charge in [0.15, 0.2) is 0 Å². The molecule has 1 aromatic carbocycles. The van der Waals surface area contributed by atoms with Crippen LogP contribution in [0.25, 0.3) is 0 Å². The van der Waals surface area contributed by atoms with Gasteiger partial charge in [-0.2, -0.15) is 0 Å². The van der Waals surface area contributed by atoms with Gasteiger partial charge in [0.05, 0.1) is 6.61 Å². The zero-order valence-electron chi connectivity index (χ0n) is 14.3. The molecular weight excluding hydrogens is 272 g/mol. The molecule has 1 aromatic rings. The molecule has 0 saturated carbocycles. The van der Waals surface area contributed by atoms with Crippen molar-refractivity contribution < 1.29 is 4.74 Å². The molecule has 0 bridgehead atoms. The first kappa shape index (κ1) is 15.8. The molecule has 2 heterocycles. The fourth-order valence-corrected chi connectivity index (χ4v) is 3.88. The van der Waals surface area contributed by atoms with Crippen LogP contribution in [0, 0.1) is 5.92 Å². The van der Waals surface area contributed by atoms with E-state index in [1.54, 1.807) is 0 Å². The molecule has 1 N–H and O–H groups in total. The van der Waals surface area contributed by atoms with Crippen LogP contribution in [0.5, 0.6) is 5.75 Å². The average Bonchev–Trinajstić information content (AvgIpc) is 3.01. The van der Waals surface area contributed by atoms with Crippen molar-refractivity contribution in [3.05, 3.63) is 29.3 Å². The summed E-state index contributed by atoms with van der Waals surface area (Å²) in [5.41, 5.74) is 2.88. The molecule has 3 nitrogen and oxygen atoms in total. The summed E-state index contributed by atoms with van der Waals surface area (Å²) in [7, 11) is 0. The number of hydrogen-bond donors (Lipinski definition) is 1. The molecular formula is C19H30N2O. The second-order valence-electron chi connectivity index (χ2n) is 7.21.